The number of benzene rings is 1. The average molecular weight is 982 g/mol. The number of rotatable bonds is 60. The van der Waals surface area contributed by atoms with Crippen molar-refractivity contribution in [2.24, 2.45) is 0 Å². The van der Waals surface area contributed by atoms with Gasteiger partial charge in [-0.1, -0.05) is 342 Å². The molecule has 1 rings (SSSR count). The molecule has 1 aromatic carbocycles. The normalized spacial score (nSPS) is 11.5. The van der Waals surface area contributed by atoms with E-state index in [9.17, 15) is 0 Å². The summed E-state index contributed by atoms with van der Waals surface area (Å²) in [4.78, 5) is 0. The predicted molar refractivity (Wildman–Crippen MR) is 314 cm³/mol. The van der Waals surface area contributed by atoms with Crippen LogP contribution < -0.4 is 14.2 Å². The van der Waals surface area contributed by atoms with Crippen molar-refractivity contribution in [1.82, 2.24) is 0 Å². The maximum absolute atomic E-state index is 6.68. The van der Waals surface area contributed by atoms with Crippen molar-refractivity contribution in [3.63, 3.8) is 0 Å². The molecule has 0 N–H and O–H groups in total. The molecule has 0 unspecified atom stereocenters. The smallest absolute Gasteiger partial charge is 0.203 e. The second kappa shape index (κ2) is 56.9. The molecule has 0 radical (unpaired) electrons. The fourth-order valence-corrected chi connectivity index (χ4v) is 10.5. The van der Waals surface area contributed by atoms with E-state index in [-0.39, 0.29) is 0 Å². The van der Waals surface area contributed by atoms with Gasteiger partial charge in [0.25, 0.3) is 0 Å². The largest absolute Gasteiger partial charge is 0.490 e. The Labute approximate surface area is 441 Å². The lowest BCUT2D eigenvalue weighted by molar-refractivity contribution is 0.234. The van der Waals surface area contributed by atoms with Gasteiger partial charge in [0.15, 0.2) is 11.5 Å². The highest BCUT2D eigenvalue weighted by Crippen LogP contribution is 2.40. The van der Waals surface area contributed by atoms with Gasteiger partial charge in [0.1, 0.15) is 0 Å². The summed E-state index contributed by atoms with van der Waals surface area (Å²) in [6, 6.07) is 4.57. The van der Waals surface area contributed by atoms with Gasteiger partial charge in [-0.25, -0.2) is 0 Å². The van der Waals surface area contributed by atoms with Crippen LogP contribution >= 0.6 is 0 Å². The standard InChI is InChI=1S/C67H128O3/c1-5-9-13-16-19-22-25-28-31-34-37-40-43-46-49-52-55-59-68-65-62-64(58-12-8-4)63-66(69-60-56-53-50-47-44-41-38-35-32-29-26-23-20-17-14-10-6-2)67(65)70-61-57-54-51-48-45-42-39-36-33-30-27-24-21-18-15-11-7-3/h62-63H,5-61H2,1-4H3. The summed E-state index contributed by atoms with van der Waals surface area (Å²) in [5.41, 5.74) is 1.34. The second-order valence-electron chi connectivity index (χ2n) is 22.5. The minimum absolute atomic E-state index is 0.748. The lowest BCUT2D eigenvalue weighted by Crippen LogP contribution is -2.07. The molecule has 0 aliphatic carbocycles. The number of ether oxygens (including phenoxy) is 3. The van der Waals surface area contributed by atoms with Crippen LogP contribution in [0.1, 0.15) is 374 Å². The zero-order valence-electron chi connectivity index (χ0n) is 48.7. The second-order valence-corrected chi connectivity index (χ2v) is 22.5. The Morgan fingerprint density at radius 2 is 0.400 bits per heavy atom. The molecular weight excluding hydrogens is 853 g/mol. The highest BCUT2D eigenvalue weighted by Gasteiger charge is 2.16. The lowest BCUT2D eigenvalue weighted by atomic mass is 10.0. The van der Waals surface area contributed by atoms with Crippen LogP contribution in [0.2, 0.25) is 0 Å². The number of hydrogen-bond acceptors (Lipinski definition) is 3. The highest BCUT2D eigenvalue weighted by molar-refractivity contribution is 5.54. The molecule has 0 bridgehead atoms. The summed E-state index contributed by atoms with van der Waals surface area (Å²) >= 11 is 0. The zero-order valence-corrected chi connectivity index (χ0v) is 48.7. The van der Waals surface area contributed by atoms with E-state index in [2.05, 4.69) is 39.8 Å². The topological polar surface area (TPSA) is 27.7 Å². The average Bonchev–Trinajstić information content (AvgIpc) is 3.37. The molecule has 70 heavy (non-hydrogen) atoms. The van der Waals surface area contributed by atoms with Crippen molar-refractivity contribution in [1.29, 1.82) is 0 Å². The monoisotopic (exact) mass is 981 g/mol. The molecule has 0 amide bonds. The quantitative estimate of drug-likeness (QED) is 0.0609. The molecule has 0 saturated carbocycles. The summed E-state index contributed by atoms with van der Waals surface area (Å²) in [5.74, 6) is 2.72. The Kier molecular flexibility index (Phi) is 54.2. The number of unbranched alkanes of at least 4 members (excludes halogenated alkanes) is 49. The van der Waals surface area contributed by atoms with Crippen LogP contribution in [0.3, 0.4) is 0 Å². The third-order valence-electron chi connectivity index (χ3n) is 15.4. The van der Waals surface area contributed by atoms with Crippen LogP contribution in [-0.4, -0.2) is 19.8 Å². The maximum Gasteiger partial charge on any atom is 0.203 e. The third kappa shape index (κ3) is 46.4. The summed E-state index contributed by atoms with van der Waals surface area (Å²) < 4.78 is 20.0. The first kappa shape index (κ1) is 66.6. The Morgan fingerprint density at radius 3 is 0.614 bits per heavy atom. The van der Waals surface area contributed by atoms with Gasteiger partial charge in [-0.3, -0.25) is 0 Å². The van der Waals surface area contributed by atoms with Gasteiger partial charge in [-0.05, 0) is 49.8 Å². The van der Waals surface area contributed by atoms with Gasteiger partial charge >= 0.3 is 0 Å². The first-order chi connectivity index (χ1) is 34.8. The van der Waals surface area contributed by atoms with Crippen LogP contribution in [0.4, 0.5) is 0 Å². The van der Waals surface area contributed by atoms with Crippen molar-refractivity contribution in [3.8, 4) is 17.2 Å². The zero-order chi connectivity index (χ0) is 50.2. The van der Waals surface area contributed by atoms with Gasteiger partial charge in [0, 0.05) is 0 Å². The minimum Gasteiger partial charge on any atom is -0.490 e. The molecular formula is C67H128O3. The third-order valence-corrected chi connectivity index (χ3v) is 15.4. The fraction of sp³-hybridized carbons (Fsp3) is 0.910. The van der Waals surface area contributed by atoms with Gasteiger partial charge in [0.2, 0.25) is 5.75 Å². The van der Waals surface area contributed by atoms with Crippen molar-refractivity contribution >= 4 is 0 Å². The van der Waals surface area contributed by atoms with E-state index in [1.807, 2.05) is 0 Å². The maximum atomic E-state index is 6.68. The van der Waals surface area contributed by atoms with E-state index >= 15 is 0 Å². The van der Waals surface area contributed by atoms with Crippen LogP contribution in [0, 0.1) is 0 Å². The highest BCUT2D eigenvalue weighted by atomic mass is 16.5. The van der Waals surface area contributed by atoms with Gasteiger partial charge in [-0.15, -0.1) is 0 Å². The molecule has 0 spiro atoms. The summed E-state index contributed by atoms with van der Waals surface area (Å²) in [7, 11) is 0. The van der Waals surface area contributed by atoms with Crippen LogP contribution in [0.25, 0.3) is 0 Å². The molecule has 0 atom stereocenters. The van der Waals surface area contributed by atoms with Crippen molar-refractivity contribution < 1.29 is 14.2 Å². The van der Waals surface area contributed by atoms with Crippen molar-refractivity contribution in [2.75, 3.05) is 19.8 Å². The van der Waals surface area contributed by atoms with Crippen molar-refractivity contribution in [3.05, 3.63) is 17.7 Å². The molecule has 0 aliphatic heterocycles. The van der Waals surface area contributed by atoms with E-state index in [0.717, 1.165) is 62.8 Å². The van der Waals surface area contributed by atoms with Gasteiger partial charge in [-0.2, -0.15) is 0 Å². The molecule has 0 fully saturated rings. The minimum atomic E-state index is 0.748. The Hall–Kier alpha value is -1.38. The Bertz CT molecular complexity index is 1070. The van der Waals surface area contributed by atoms with Crippen LogP contribution in [0.15, 0.2) is 12.1 Å². The van der Waals surface area contributed by atoms with Gasteiger partial charge in [0.05, 0.1) is 19.8 Å². The number of aryl methyl sites for hydroxylation is 1. The molecule has 0 aliphatic rings. The molecule has 3 heteroatoms. The lowest BCUT2D eigenvalue weighted by Gasteiger charge is -2.19. The van der Waals surface area contributed by atoms with E-state index in [0.29, 0.717) is 0 Å². The molecule has 414 valence electrons. The van der Waals surface area contributed by atoms with Gasteiger partial charge < -0.3 is 14.2 Å². The fourth-order valence-electron chi connectivity index (χ4n) is 10.5. The van der Waals surface area contributed by atoms with Crippen LogP contribution in [-0.2, 0) is 6.42 Å². The van der Waals surface area contributed by atoms with E-state index in [1.165, 1.54) is 327 Å². The van der Waals surface area contributed by atoms with E-state index in [4.69, 9.17) is 14.2 Å². The Balaban J connectivity index is 2.48. The molecule has 3 nitrogen and oxygen atoms in total. The molecule has 0 heterocycles. The van der Waals surface area contributed by atoms with Crippen LogP contribution in [0.5, 0.6) is 17.2 Å². The first-order valence-electron chi connectivity index (χ1n) is 32.8. The molecule has 1 aromatic rings. The number of hydrogen-bond donors (Lipinski definition) is 0. The predicted octanol–water partition coefficient (Wildman–Crippen LogP) is 24.1. The first-order valence-corrected chi connectivity index (χ1v) is 32.8. The SMILES string of the molecule is CCCCCCCCCCCCCCCCCCCOc1cc(CCCC)cc(OCCCCCCCCCCCCCCCCCCC)c1OCCCCCCCCCCCCCCCCCCC. The van der Waals surface area contributed by atoms with E-state index in [1.54, 1.807) is 0 Å². The molecule has 0 saturated heterocycles. The summed E-state index contributed by atoms with van der Waals surface area (Å²) in [5, 5.41) is 0. The summed E-state index contributed by atoms with van der Waals surface area (Å²) in [6.45, 7) is 11.5. The molecule has 0 aromatic heterocycles. The van der Waals surface area contributed by atoms with Crippen molar-refractivity contribution in [2.45, 2.75) is 374 Å². The summed E-state index contributed by atoms with van der Waals surface area (Å²) in [6.07, 6.45) is 74.6. The Morgan fingerprint density at radius 1 is 0.214 bits per heavy atom. The van der Waals surface area contributed by atoms with E-state index < -0.39 is 0 Å².